The van der Waals surface area contributed by atoms with Crippen molar-refractivity contribution in [2.24, 2.45) is 0 Å². The highest BCUT2D eigenvalue weighted by Gasteiger charge is 2.35. The normalized spacial score (nSPS) is 17.6. The Morgan fingerprint density at radius 2 is 1.67 bits per heavy atom. The zero-order chi connectivity index (χ0) is 14.7. The summed E-state index contributed by atoms with van der Waals surface area (Å²) in [6, 6.07) is 18.6. The molecule has 1 saturated heterocycles. The van der Waals surface area contributed by atoms with E-state index in [1.54, 1.807) is 24.3 Å². The Balaban J connectivity index is 1.69. The molecule has 4 nitrogen and oxygen atoms in total. The monoisotopic (exact) mass is 281 g/mol. The van der Waals surface area contributed by atoms with Crippen LogP contribution in [0, 0.1) is 0 Å². The molecular formula is C17H15NO3. The van der Waals surface area contributed by atoms with Crippen molar-refractivity contribution in [3.63, 3.8) is 0 Å². The number of nitrogens with zero attached hydrogens (tertiary/aromatic N) is 1. The van der Waals surface area contributed by atoms with E-state index in [1.807, 2.05) is 36.4 Å². The lowest BCUT2D eigenvalue weighted by atomic mass is 10.1. The second kappa shape index (κ2) is 5.79. The maximum absolute atomic E-state index is 12.3. The van der Waals surface area contributed by atoms with Crippen molar-refractivity contribution in [1.29, 1.82) is 0 Å². The molecular weight excluding hydrogens is 266 g/mol. The molecule has 1 heterocycles. The quantitative estimate of drug-likeness (QED) is 0.869. The number of amides is 2. The highest BCUT2D eigenvalue weighted by atomic mass is 16.6. The molecule has 1 atom stereocenters. The fraction of sp³-hybridized carbons (Fsp3) is 0.176. The van der Waals surface area contributed by atoms with Crippen LogP contribution in [0.4, 0.5) is 4.79 Å². The van der Waals surface area contributed by atoms with Crippen LogP contribution in [0.1, 0.15) is 15.9 Å². The molecule has 1 aliphatic rings. The summed E-state index contributed by atoms with van der Waals surface area (Å²) in [5.74, 6) is -0.309. The summed E-state index contributed by atoms with van der Waals surface area (Å²) in [6.45, 7) is 0.293. The largest absolute Gasteiger partial charge is 0.444 e. The van der Waals surface area contributed by atoms with Crippen molar-refractivity contribution < 1.29 is 14.3 Å². The smallest absolute Gasteiger partial charge is 0.417 e. The predicted molar refractivity (Wildman–Crippen MR) is 77.9 cm³/mol. The second-order valence-electron chi connectivity index (χ2n) is 4.98. The molecule has 0 aliphatic carbocycles. The van der Waals surface area contributed by atoms with Gasteiger partial charge in [-0.2, -0.15) is 0 Å². The number of benzene rings is 2. The Hall–Kier alpha value is -2.62. The van der Waals surface area contributed by atoms with E-state index in [1.165, 1.54) is 4.90 Å². The first kappa shape index (κ1) is 13.4. The zero-order valence-corrected chi connectivity index (χ0v) is 11.4. The number of imide groups is 1. The van der Waals surface area contributed by atoms with E-state index in [4.69, 9.17) is 4.74 Å². The second-order valence-corrected chi connectivity index (χ2v) is 4.98. The van der Waals surface area contributed by atoms with Crippen LogP contribution in [-0.2, 0) is 11.2 Å². The van der Waals surface area contributed by atoms with Crippen LogP contribution < -0.4 is 0 Å². The number of carbonyl (C=O) groups is 2. The summed E-state index contributed by atoms with van der Waals surface area (Å²) in [4.78, 5) is 25.3. The summed E-state index contributed by atoms with van der Waals surface area (Å²) in [5.41, 5.74) is 1.58. The Morgan fingerprint density at radius 1 is 1.05 bits per heavy atom. The van der Waals surface area contributed by atoms with Gasteiger partial charge in [-0.15, -0.1) is 0 Å². The number of rotatable bonds is 3. The zero-order valence-electron chi connectivity index (χ0n) is 11.4. The molecule has 0 radical (unpaired) electrons. The number of cyclic esters (lactones) is 1. The van der Waals surface area contributed by atoms with Gasteiger partial charge in [0, 0.05) is 12.0 Å². The Morgan fingerprint density at radius 3 is 2.33 bits per heavy atom. The number of carbonyl (C=O) groups excluding carboxylic acids is 2. The van der Waals surface area contributed by atoms with Gasteiger partial charge in [0.05, 0.1) is 6.54 Å². The first-order valence-corrected chi connectivity index (χ1v) is 6.85. The molecule has 1 aliphatic heterocycles. The van der Waals surface area contributed by atoms with Crippen LogP contribution in [0.2, 0.25) is 0 Å². The maximum Gasteiger partial charge on any atom is 0.417 e. The van der Waals surface area contributed by atoms with E-state index in [0.717, 1.165) is 5.56 Å². The molecule has 2 aromatic carbocycles. The molecule has 0 N–H and O–H groups in total. The van der Waals surface area contributed by atoms with Gasteiger partial charge in [0.25, 0.3) is 5.91 Å². The van der Waals surface area contributed by atoms with E-state index < -0.39 is 6.09 Å². The van der Waals surface area contributed by atoms with E-state index in [0.29, 0.717) is 18.5 Å². The molecule has 2 aromatic rings. The van der Waals surface area contributed by atoms with Gasteiger partial charge in [0.15, 0.2) is 0 Å². The average Bonchev–Trinajstić information content (AvgIpc) is 2.89. The van der Waals surface area contributed by atoms with Crippen molar-refractivity contribution in [3.05, 3.63) is 71.8 Å². The van der Waals surface area contributed by atoms with Gasteiger partial charge in [0.1, 0.15) is 6.10 Å². The van der Waals surface area contributed by atoms with Gasteiger partial charge in [-0.1, -0.05) is 48.5 Å². The summed E-state index contributed by atoms with van der Waals surface area (Å²) in [5, 5.41) is 0. The van der Waals surface area contributed by atoms with E-state index in [-0.39, 0.29) is 12.0 Å². The molecule has 3 rings (SSSR count). The van der Waals surface area contributed by atoms with Gasteiger partial charge >= 0.3 is 6.09 Å². The van der Waals surface area contributed by atoms with E-state index in [2.05, 4.69) is 0 Å². The highest BCUT2D eigenvalue weighted by molar-refractivity contribution is 6.03. The third-order valence-corrected chi connectivity index (χ3v) is 3.45. The first-order chi connectivity index (χ1) is 10.2. The summed E-state index contributed by atoms with van der Waals surface area (Å²) >= 11 is 0. The number of ether oxygens (including phenoxy) is 1. The lowest BCUT2D eigenvalue weighted by molar-refractivity contribution is 0.0808. The molecule has 0 bridgehead atoms. The summed E-state index contributed by atoms with van der Waals surface area (Å²) in [6.07, 6.45) is -0.233. The fourth-order valence-electron chi connectivity index (χ4n) is 2.41. The Kier molecular flexibility index (Phi) is 3.69. The average molecular weight is 281 g/mol. The molecule has 0 spiro atoms. The lowest BCUT2D eigenvalue weighted by Gasteiger charge is -2.11. The first-order valence-electron chi connectivity index (χ1n) is 6.85. The minimum absolute atomic E-state index is 0.285. The van der Waals surface area contributed by atoms with Gasteiger partial charge in [0.2, 0.25) is 0 Å². The van der Waals surface area contributed by atoms with Crippen molar-refractivity contribution in [2.45, 2.75) is 12.5 Å². The molecule has 1 fully saturated rings. The van der Waals surface area contributed by atoms with Crippen LogP contribution in [0.5, 0.6) is 0 Å². The van der Waals surface area contributed by atoms with Crippen molar-refractivity contribution in [1.82, 2.24) is 4.90 Å². The Bertz CT molecular complexity index is 640. The minimum Gasteiger partial charge on any atom is -0.444 e. The third-order valence-electron chi connectivity index (χ3n) is 3.45. The van der Waals surface area contributed by atoms with Gasteiger partial charge in [-0.3, -0.25) is 4.79 Å². The van der Waals surface area contributed by atoms with Crippen LogP contribution in [0.3, 0.4) is 0 Å². The fourth-order valence-corrected chi connectivity index (χ4v) is 2.41. The topological polar surface area (TPSA) is 46.6 Å². The van der Waals surface area contributed by atoms with Gasteiger partial charge in [-0.05, 0) is 17.7 Å². The molecule has 1 unspecified atom stereocenters. The predicted octanol–water partition coefficient (Wildman–Crippen LogP) is 2.89. The maximum atomic E-state index is 12.3. The standard InChI is InChI=1S/C17H15NO3/c19-16(14-9-5-2-6-10-14)18-12-15(21-17(18)20)11-13-7-3-1-4-8-13/h1-10,15H,11-12H2. The van der Waals surface area contributed by atoms with Gasteiger partial charge < -0.3 is 4.74 Å². The molecule has 4 heteroatoms. The van der Waals surface area contributed by atoms with Crippen LogP contribution in [-0.4, -0.2) is 29.5 Å². The van der Waals surface area contributed by atoms with Crippen molar-refractivity contribution >= 4 is 12.0 Å². The van der Waals surface area contributed by atoms with Crippen molar-refractivity contribution in [3.8, 4) is 0 Å². The molecule has 0 saturated carbocycles. The SMILES string of the molecule is O=C1OC(Cc2ccccc2)CN1C(=O)c1ccccc1. The Labute approximate surface area is 123 Å². The summed E-state index contributed by atoms with van der Waals surface area (Å²) in [7, 11) is 0. The number of hydrogen-bond acceptors (Lipinski definition) is 3. The van der Waals surface area contributed by atoms with Crippen LogP contribution in [0.25, 0.3) is 0 Å². The van der Waals surface area contributed by atoms with E-state index in [9.17, 15) is 9.59 Å². The lowest BCUT2D eigenvalue weighted by Crippen LogP contribution is -2.32. The number of hydrogen-bond donors (Lipinski definition) is 0. The van der Waals surface area contributed by atoms with Gasteiger partial charge in [-0.25, -0.2) is 9.69 Å². The molecule has 0 aromatic heterocycles. The van der Waals surface area contributed by atoms with Crippen molar-refractivity contribution in [2.75, 3.05) is 6.54 Å². The molecule has 21 heavy (non-hydrogen) atoms. The molecule has 106 valence electrons. The van der Waals surface area contributed by atoms with Crippen LogP contribution in [0.15, 0.2) is 60.7 Å². The molecule has 2 amide bonds. The third kappa shape index (κ3) is 2.94. The highest BCUT2D eigenvalue weighted by Crippen LogP contribution is 2.18. The summed E-state index contributed by atoms with van der Waals surface area (Å²) < 4.78 is 5.29. The van der Waals surface area contributed by atoms with E-state index >= 15 is 0 Å². The van der Waals surface area contributed by atoms with Crippen LogP contribution >= 0.6 is 0 Å². The minimum atomic E-state index is -0.565.